The molecule has 0 amide bonds. The van der Waals surface area contributed by atoms with Gasteiger partial charge < -0.3 is 72.4 Å². The van der Waals surface area contributed by atoms with Crippen LogP contribution in [0.25, 0.3) is 0 Å². The summed E-state index contributed by atoms with van der Waals surface area (Å²) in [6.07, 6.45) is 8.20. The number of phosphoric ester groups is 1. The highest BCUT2D eigenvalue weighted by Gasteiger charge is 2.07. The Hall–Kier alpha value is -1.43. The second kappa shape index (κ2) is 84.1. The highest BCUT2D eigenvalue weighted by molar-refractivity contribution is 7.85. The summed E-state index contributed by atoms with van der Waals surface area (Å²) in [5.74, 6) is 1.42. The van der Waals surface area contributed by atoms with Crippen LogP contribution in [0.3, 0.4) is 0 Å². The minimum atomic E-state index is -4.16. The van der Waals surface area contributed by atoms with E-state index in [2.05, 4.69) is 72.8 Å². The number of aliphatic carboxylic acids is 1. The Morgan fingerprint density at radius 2 is 1.00 bits per heavy atom. The summed E-state index contributed by atoms with van der Waals surface area (Å²) in [5.41, 5.74) is 13.0. The minimum Gasteiger partial charge on any atom is -0.481 e. The van der Waals surface area contributed by atoms with Gasteiger partial charge in [0.05, 0.1) is 13.4 Å². The van der Waals surface area contributed by atoms with Gasteiger partial charge in [-0.15, -0.1) is 12.3 Å². The highest BCUT2D eigenvalue weighted by Crippen LogP contribution is 2.33. The number of carboxylic acid groups (broad SMARTS) is 1. The normalized spacial score (nSPS) is 8.92. The fourth-order valence-electron chi connectivity index (χ4n) is 0. The third-order valence-electron chi connectivity index (χ3n) is 0.857. The van der Waals surface area contributed by atoms with Crippen LogP contribution in [0, 0.1) is 17.8 Å². The van der Waals surface area contributed by atoms with Crippen LogP contribution >= 0.6 is 28.0 Å². The van der Waals surface area contributed by atoms with Gasteiger partial charge in [-0.2, -0.15) is 34.6 Å². The van der Waals surface area contributed by atoms with E-state index in [1.54, 1.807) is 40.6 Å². The number of aliphatic hydroxyl groups excluding tert-OH is 1. The molecule has 374 valence electrons. The molecule has 29 nitrogen and oxygen atoms in total. The summed E-state index contributed by atoms with van der Waals surface area (Å²) in [6, 6.07) is 0. The Kier molecular flexibility index (Phi) is 145. The van der Waals surface area contributed by atoms with E-state index in [-0.39, 0.29) is 0 Å². The number of thiol groups is 1. The molecule has 0 heterocycles. The second-order valence-electron chi connectivity index (χ2n) is 7.82. The van der Waals surface area contributed by atoms with Crippen molar-refractivity contribution in [1.29, 1.82) is 5.41 Å². The first-order valence-electron chi connectivity index (χ1n) is 14.1. The molecular weight excluding hydrogens is 939 g/mol. The van der Waals surface area contributed by atoms with E-state index in [0.29, 0.717) is 12.0 Å². The molecule has 0 radical (unpaired) electrons. The molecule has 0 rings (SSSR count). The smallest absolute Gasteiger partial charge is 0.469 e. The second-order valence-corrected chi connectivity index (χ2v) is 17.1. The molecule has 0 spiro atoms. The zero-order valence-electron chi connectivity index (χ0n) is 37.2. The number of hydrazine groups is 1. The van der Waals surface area contributed by atoms with Gasteiger partial charge in [0, 0.05) is 53.5 Å². The predicted molar refractivity (Wildman–Crippen MR) is 246 cm³/mol. The fraction of sp³-hybridized carbons (Fsp3) is 0.783. The maximum Gasteiger partial charge on any atom is 0.469 e. The quantitative estimate of drug-likeness (QED) is 0.0198. The van der Waals surface area contributed by atoms with Gasteiger partial charge in [-0.3, -0.25) is 38.0 Å². The molecule has 22 N–H and O–H groups in total. The molecule has 0 aromatic rings. The topological polar surface area (TPSA) is 526 Å². The number of hydrogen-bond acceptors (Lipinski definition) is 22. The molecule has 0 aliphatic rings. The fourth-order valence-corrected chi connectivity index (χ4v) is 0. The van der Waals surface area contributed by atoms with Crippen molar-refractivity contribution in [3.05, 3.63) is 0 Å². The largest absolute Gasteiger partial charge is 0.481 e. The van der Waals surface area contributed by atoms with Crippen LogP contribution in [0.5, 0.6) is 0 Å². The molecule has 0 fully saturated rings. The highest BCUT2D eigenvalue weighted by atomic mass is 32.3. The number of rotatable bonds is 4. The van der Waals surface area contributed by atoms with E-state index >= 15 is 0 Å². The summed E-state index contributed by atoms with van der Waals surface area (Å²) >= 11 is 1.92. The Balaban J connectivity index is -0.0000000273. The molecule has 0 bridgehead atoms. The van der Waals surface area contributed by atoms with E-state index in [0.717, 1.165) is 34.9 Å². The van der Waals surface area contributed by atoms with Crippen LogP contribution in [0.4, 0.5) is 0 Å². The molecule has 0 aliphatic carbocycles. The Labute approximate surface area is 362 Å². The van der Waals surface area contributed by atoms with Crippen molar-refractivity contribution in [3.63, 3.8) is 0 Å². The molecule has 36 heteroatoms. The van der Waals surface area contributed by atoms with Crippen molar-refractivity contribution < 1.29 is 87.1 Å². The van der Waals surface area contributed by atoms with Gasteiger partial charge in [0.2, 0.25) is 0 Å². The Morgan fingerprint density at radius 3 is 1.00 bits per heavy atom. The van der Waals surface area contributed by atoms with Crippen LogP contribution in [0.2, 0.25) is 6.55 Å². The van der Waals surface area contributed by atoms with Gasteiger partial charge in [-0.05, 0) is 68.8 Å². The van der Waals surface area contributed by atoms with Crippen LogP contribution in [0.1, 0.15) is 27.7 Å². The van der Waals surface area contributed by atoms with Crippen LogP contribution in [0.15, 0.2) is 5.10 Å². The summed E-state index contributed by atoms with van der Waals surface area (Å²) < 4.78 is 94.6. The molecule has 59 heavy (non-hydrogen) atoms. The lowest BCUT2D eigenvalue weighted by molar-refractivity contribution is -0.134. The number of hydrogen-bond donors (Lipinski definition) is 19. The molecule has 0 aromatic carbocycles. The summed E-state index contributed by atoms with van der Waals surface area (Å²) in [5, 5.41) is 42.0. The molecular formula is C23H80N10O19P2S4Si. The van der Waals surface area contributed by atoms with Crippen LogP contribution in [-0.4, -0.2) is 180 Å². The van der Waals surface area contributed by atoms with Crippen molar-refractivity contribution >= 4 is 86.6 Å². The maximum atomic E-state index is 9.47. The average molecular weight is 1020 g/mol. The summed E-state index contributed by atoms with van der Waals surface area (Å²) in [4.78, 5) is 39.7. The number of nitrogens with zero attached hydrogens (tertiary/aromatic N) is 1. The van der Waals surface area contributed by atoms with E-state index in [4.69, 9.17) is 74.1 Å². The lowest BCUT2D eigenvalue weighted by atomic mass is 10.5. The van der Waals surface area contributed by atoms with Gasteiger partial charge >= 0.3 is 25.8 Å². The van der Waals surface area contributed by atoms with Gasteiger partial charge in [0.1, 0.15) is 11.1 Å². The van der Waals surface area contributed by atoms with Gasteiger partial charge in [0.25, 0.3) is 24.6 Å². The van der Waals surface area contributed by atoms with E-state index in [1.165, 1.54) is 13.3 Å². The van der Waals surface area contributed by atoms with Gasteiger partial charge in [-0.1, -0.05) is 0 Å². The van der Waals surface area contributed by atoms with Crippen molar-refractivity contribution in [2.75, 3.05) is 89.0 Å². The molecule has 0 saturated heterocycles. The first-order chi connectivity index (χ1) is 26.0. The zero-order chi connectivity index (χ0) is 52.9. The van der Waals surface area contributed by atoms with Crippen molar-refractivity contribution in [1.82, 2.24) is 21.6 Å². The number of nitrogens with two attached hydrogens (primary N) is 4. The van der Waals surface area contributed by atoms with Crippen molar-refractivity contribution in [2.24, 2.45) is 27.0 Å². The van der Waals surface area contributed by atoms with E-state index < -0.39 is 61.5 Å². The monoisotopic (exact) mass is 1020 g/mol. The third kappa shape index (κ3) is 3910. The van der Waals surface area contributed by atoms with Crippen molar-refractivity contribution in [2.45, 2.75) is 34.2 Å². The molecule has 0 aromatic heterocycles. The first kappa shape index (κ1) is 102. The molecule has 0 saturated carbocycles. The minimum absolute atomic E-state index is 0.667. The number of terminal acetylenes is 1. The molecule has 0 aliphatic heterocycles. The lowest BCUT2D eigenvalue weighted by Crippen LogP contribution is -2.61. The third-order valence-corrected chi connectivity index (χ3v) is 1.75. The first-order valence-corrected chi connectivity index (χ1v) is 26.0. The zero-order valence-corrected chi connectivity index (χ0v) is 43.3. The SMILES string of the molecule is C#CC.C=NNC.CC(=O)O.CC(C)=N.CN.CNC.CNNC.CO.COP(=O)(O)O.COS(=O)(=O)O.CP(=O)(O)O.CS.CS(=O)(=O)O.CS(=O)O.C[Si](N)(N)N. The number of hydrazone groups is 1. The summed E-state index contributed by atoms with van der Waals surface area (Å²) in [7, 11) is -4.32. The number of carbonyl (C=O) groups is 1. The van der Waals surface area contributed by atoms with E-state index in [9.17, 15) is 26.0 Å². The Morgan fingerprint density at radius 1 is 0.932 bits per heavy atom. The number of nitrogens with one attached hydrogen (secondary N) is 5. The average Bonchev–Trinajstić information content (AvgIpc) is 3.01. The van der Waals surface area contributed by atoms with Gasteiger partial charge in [0.15, 0.2) is 0 Å². The van der Waals surface area contributed by atoms with Gasteiger partial charge in [-0.25, -0.2) is 8.77 Å². The number of carboxylic acids is 1. The van der Waals surface area contributed by atoms with E-state index in [1.807, 2.05) is 28.2 Å². The summed E-state index contributed by atoms with van der Waals surface area (Å²) in [6.45, 7) is 11.9. The number of aliphatic hydroxyl groups is 1. The van der Waals surface area contributed by atoms with Crippen LogP contribution < -0.4 is 43.5 Å². The lowest BCUT2D eigenvalue weighted by Gasteiger charge is -2.01. The molecule has 1 atom stereocenters. The Bertz CT molecular complexity index is 1100. The maximum absolute atomic E-state index is 9.47. The standard InChI is InChI=1S/C3H7N.C3H4.C2H8N2.C2H6N2.C2H7N.C2H4O2.CH9N3Si.CH5N.CH5O4P.CH4O4S.CH5O3P.CH4O3S.CH4O2S.CH4O.CH4S/c1-3(2)4;1-3-2;2*1-3-4-2;1-3-2;1-2(3)4;1-5(2,3)4;1-2;2*1-5-6(2,3)4;2*1-5(2,3)4;1-4(2)3;2*1-2/h4H,1-2H3;1H,2H3;3-4H,1-2H3;4H,1H2,2H3;3H,1-2H3;1H3,(H,3,4);2-4H2,1H3;2H2,1H3;1H3,(H2,2,3,4);1H3,(H,2,3,4);1H3,(H2,2,3,4);1H3,(H,2,3,4);1H3,(H,2,3);2*2H,1H3. The van der Waals surface area contributed by atoms with Crippen LogP contribution in [-0.2, 0) is 54.2 Å². The molecule has 1 unspecified atom stereocenters. The predicted octanol–water partition coefficient (Wildman–Crippen LogP) is -2.77. The number of phosphoric acid groups is 1. The van der Waals surface area contributed by atoms with Crippen molar-refractivity contribution in [3.8, 4) is 12.3 Å².